The molecule has 0 aliphatic carbocycles. The Morgan fingerprint density at radius 1 is 0.938 bits per heavy atom. The average Bonchev–Trinajstić information content (AvgIpc) is 1.97. The number of phenolic OH excluding ortho intramolecular Hbond substituents is 1. The molecule has 0 atom stereocenters. The number of nitrogen functional groups attached to an aromatic ring is 1. The minimum Gasteiger partial charge on any atom is -0.508 e. The van der Waals surface area contributed by atoms with Gasteiger partial charge >= 0.3 is 12.4 Å². The van der Waals surface area contributed by atoms with E-state index in [2.05, 4.69) is 0 Å². The van der Waals surface area contributed by atoms with Crippen molar-refractivity contribution in [2.45, 2.75) is 12.4 Å². The molecule has 0 fully saturated rings. The van der Waals surface area contributed by atoms with E-state index in [1.165, 1.54) is 0 Å². The maximum atomic E-state index is 12.3. The fourth-order valence-corrected chi connectivity index (χ4v) is 1.19. The van der Waals surface area contributed by atoms with Gasteiger partial charge in [0.1, 0.15) is 5.75 Å². The van der Waals surface area contributed by atoms with E-state index >= 15 is 0 Å². The van der Waals surface area contributed by atoms with Gasteiger partial charge in [-0.1, -0.05) is 0 Å². The molecular formula is C8H5F6NO. The van der Waals surface area contributed by atoms with Crippen LogP contribution in [0.4, 0.5) is 32.0 Å². The summed E-state index contributed by atoms with van der Waals surface area (Å²) in [5, 5.41) is 8.80. The van der Waals surface area contributed by atoms with Gasteiger partial charge in [0.2, 0.25) is 0 Å². The van der Waals surface area contributed by atoms with Crippen molar-refractivity contribution in [2.24, 2.45) is 0 Å². The first kappa shape index (κ1) is 12.5. The maximum Gasteiger partial charge on any atom is 0.418 e. The number of alkyl halides is 6. The van der Waals surface area contributed by atoms with Crippen LogP contribution in [0.3, 0.4) is 0 Å². The zero-order chi connectivity index (χ0) is 12.7. The standard InChI is InChI=1S/C8H5F6NO/c9-7(10,11)4-1-3(16)2-5(15)6(4)8(12,13)14/h1-2,16H,15H2. The number of nitrogens with two attached hydrogens (primary N) is 1. The highest BCUT2D eigenvalue weighted by Crippen LogP contribution is 2.44. The van der Waals surface area contributed by atoms with Gasteiger partial charge in [-0.3, -0.25) is 0 Å². The highest BCUT2D eigenvalue weighted by Gasteiger charge is 2.45. The summed E-state index contributed by atoms with van der Waals surface area (Å²) in [5.74, 6) is -0.974. The molecule has 8 heteroatoms. The van der Waals surface area contributed by atoms with Gasteiger partial charge in [-0.15, -0.1) is 0 Å². The molecule has 1 aromatic rings. The molecule has 90 valence electrons. The molecule has 0 amide bonds. The predicted molar refractivity (Wildman–Crippen MR) is 42.5 cm³/mol. The predicted octanol–water partition coefficient (Wildman–Crippen LogP) is 3.01. The Hall–Kier alpha value is -1.60. The van der Waals surface area contributed by atoms with Gasteiger partial charge in [0.25, 0.3) is 0 Å². The first-order chi connectivity index (χ1) is 7.03. The topological polar surface area (TPSA) is 46.2 Å². The summed E-state index contributed by atoms with van der Waals surface area (Å²) in [6, 6.07) is 0.400. The molecule has 0 aromatic heterocycles. The van der Waals surface area contributed by atoms with Crippen LogP contribution in [0.1, 0.15) is 11.1 Å². The maximum absolute atomic E-state index is 12.3. The molecule has 0 heterocycles. The van der Waals surface area contributed by atoms with E-state index in [9.17, 15) is 26.3 Å². The minimum atomic E-state index is -5.24. The Labute approximate surface area is 85.3 Å². The Morgan fingerprint density at radius 3 is 1.81 bits per heavy atom. The van der Waals surface area contributed by atoms with Gasteiger partial charge < -0.3 is 10.8 Å². The van der Waals surface area contributed by atoms with Gasteiger partial charge in [-0.05, 0) is 6.07 Å². The van der Waals surface area contributed by atoms with Crippen LogP contribution in [0.15, 0.2) is 12.1 Å². The fourth-order valence-electron chi connectivity index (χ4n) is 1.19. The normalized spacial score (nSPS) is 12.9. The molecule has 3 N–H and O–H groups in total. The molecular weight excluding hydrogens is 240 g/mol. The Bertz CT molecular complexity index is 408. The van der Waals surface area contributed by atoms with Crippen molar-refractivity contribution in [3.05, 3.63) is 23.3 Å². The zero-order valence-corrected chi connectivity index (χ0v) is 7.45. The number of benzene rings is 1. The number of aromatic hydroxyl groups is 1. The lowest BCUT2D eigenvalue weighted by molar-refractivity contribution is -0.161. The van der Waals surface area contributed by atoms with Crippen LogP contribution in [-0.4, -0.2) is 5.11 Å². The molecule has 1 rings (SSSR count). The molecule has 0 bridgehead atoms. The van der Waals surface area contributed by atoms with Crippen LogP contribution in [0.5, 0.6) is 5.75 Å². The number of phenols is 1. The van der Waals surface area contributed by atoms with E-state index in [1.54, 1.807) is 0 Å². The van der Waals surface area contributed by atoms with Crippen molar-refractivity contribution in [2.75, 3.05) is 5.73 Å². The second-order valence-electron chi connectivity index (χ2n) is 2.95. The first-order valence-electron chi connectivity index (χ1n) is 3.80. The van der Waals surface area contributed by atoms with E-state index < -0.39 is 34.9 Å². The summed E-state index contributed by atoms with van der Waals surface area (Å²) >= 11 is 0. The molecule has 0 saturated carbocycles. The molecule has 0 spiro atoms. The van der Waals surface area contributed by atoms with Gasteiger partial charge in [0, 0.05) is 11.8 Å². The van der Waals surface area contributed by atoms with E-state index in [0.717, 1.165) is 0 Å². The van der Waals surface area contributed by atoms with Crippen LogP contribution in [0, 0.1) is 0 Å². The molecule has 0 saturated heterocycles. The molecule has 1 aromatic carbocycles. The smallest absolute Gasteiger partial charge is 0.418 e. The zero-order valence-electron chi connectivity index (χ0n) is 7.45. The Kier molecular flexibility index (Phi) is 2.70. The highest BCUT2D eigenvalue weighted by atomic mass is 19.4. The SMILES string of the molecule is Nc1cc(O)cc(C(F)(F)F)c1C(F)(F)F. The summed E-state index contributed by atoms with van der Waals surface area (Å²) in [6.07, 6.45) is -10.5. The number of anilines is 1. The van der Waals surface area contributed by atoms with Crippen molar-refractivity contribution in [1.82, 2.24) is 0 Å². The van der Waals surface area contributed by atoms with Gasteiger partial charge in [0.05, 0.1) is 11.1 Å². The minimum absolute atomic E-state index is 0.0147. The van der Waals surface area contributed by atoms with Crippen LogP contribution in [0.25, 0.3) is 0 Å². The van der Waals surface area contributed by atoms with Crippen molar-refractivity contribution < 1.29 is 31.4 Å². The Morgan fingerprint density at radius 2 is 1.44 bits per heavy atom. The third kappa shape index (κ3) is 2.31. The average molecular weight is 245 g/mol. The fraction of sp³-hybridized carbons (Fsp3) is 0.250. The second-order valence-corrected chi connectivity index (χ2v) is 2.95. The molecule has 0 radical (unpaired) electrons. The van der Waals surface area contributed by atoms with Crippen molar-refractivity contribution in [1.29, 1.82) is 0 Å². The highest BCUT2D eigenvalue weighted by molar-refractivity contribution is 5.57. The lowest BCUT2D eigenvalue weighted by Gasteiger charge is -2.17. The van der Waals surface area contributed by atoms with Gasteiger partial charge in [-0.25, -0.2) is 0 Å². The van der Waals surface area contributed by atoms with Crippen LogP contribution >= 0.6 is 0 Å². The van der Waals surface area contributed by atoms with Gasteiger partial charge in [0.15, 0.2) is 0 Å². The molecule has 16 heavy (non-hydrogen) atoms. The van der Waals surface area contributed by atoms with E-state index in [-0.39, 0.29) is 6.07 Å². The number of hydrogen-bond donors (Lipinski definition) is 2. The first-order valence-corrected chi connectivity index (χ1v) is 3.80. The summed E-state index contributed by atoms with van der Waals surface area (Å²) in [7, 11) is 0. The van der Waals surface area contributed by atoms with Crippen LogP contribution < -0.4 is 5.73 Å². The third-order valence-electron chi connectivity index (χ3n) is 1.74. The van der Waals surface area contributed by atoms with Crippen LogP contribution in [-0.2, 0) is 12.4 Å². The van der Waals surface area contributed by atoms with E-state index in [0.29, 0.717) is 6.07 Å². The molecule has 0 unspecified atom stereocenters. The quantitative estimate of drug-likeness (QED) is 0.545. The molecule has 0 aliphatic rings. The molecule has 2 nitrogen and oxygen atoms in total. The third-order valence-corrected chi connectivity index (χ3v) is 1.74. The summed E-state index contributed by atoms with van der Waals surface area (Å²) in [5.41, 5.74) is -0.332. The molecule has 0 aliphatic heterocycles. The summed E-state index contributed by atoms with van der Waals surface area (Å²) in [6.45, 7) is 0. The van der Waals surface area contributed by atoms with Crippen molar-refractivity contribution in [3.63, 3.8) is 0 Å². The summed E-state index contributed by atoms with van der Waals surface area (Å²) in [4.78, 5) is 0. The van der Waals surface area contributed by atoms with Crippen molar-refractivity contribution in [3.8, 4) is 5.75 Å². The number of hydrogen-bond acceptors (Lipinski definition) is 2. The van der Waals surface area contributed by atoms with Crippen LogP contribution in [0.2, 0.25) is 0 Å². The second kappa shape index (κ2) is 3.46. The lowest BCUT2D eigenvalue weighted by atomic mass is 10.0. The Balaban J connectivity index is 3.58. The van der Waals surface area contributed by atoms with Crippen molar-refractivity contribution >= 4 is 5.69 Å². The van der Waals surface area contributed by atoms with E-state index in [1.807, 2.05) is 0 Å². The number of halogens is 6. The number of rotatable bonds is 0. The van der Waals surface area contributed by atoms with E-state index in [4.69, 9.17) is 10.8 Å². The lowest BCUT2D eigenvalue weighted by Crippen LogP contribution is -2.18. The largest absolute Gasteiger partial charge is 0.508 e. The monoisotopic (exact) mass is 245 g/mol. The van der Waals surface area contributed by atoms with Gasteiger partial charge in [-0.2, -0.15) is 26.3 Å². The summed E-state index contributed by atoms with van der Waals surface area (Å²) < 4.78 is 73.7.